The Morgan fingerprint density at radius 1 is 0.946 bits per heavy atom. The van der Waals surface area contributed by atoms with E-state index in [1.54, 1.807) is 18.2 Å². The highest BCUT2D eigenvalue weighted by Crippen LogP contribution is 2.51. The van der Waals surface area contributed by atoms with Crippen LogP contribution >= 0.6 is 0 Å². The lowest BCUT2D eigenvalue weighted by atomic mass is 9.77. The minimum absolute atomic E-state index is 0.0391. The maximum Gasteiger partial charge on any atom is 0.416 e. The fraction of sp³-hybridized carbons (Fsp3) is 0.500. The van der Waals surface area contributed by atoms with Gasteiger partial charge in [-0.3, -0.25) is 4.99 Å². The predicted molar refractivity (Wildman–Crippen MR) is 122 cm³/mol. The number of halogens is 9. The van der Waals surface area contributed by atoms with E-state index in [9.17, 15) is 39.5 Å². The number of aliphatic imine (C=N–C) groups is 1. The third-order valence-electron chi connectivity index (χ3n) is 7.38. The van der Waals surface area contributed by atoms with Gasteiger partial charge in [0, 0.05) is 24.5 Å². The number of hydrogen-bond acceptors (Lipinski definition) is 2. The number of alkyl halides is 9. The van der Waals surface area contributed by atoms with Gasteiger partial charge in [0.2, 0.25) is 0 Å². The van der Waals surface area contributed by atoms with Crippen LogP contribution in [0, 0.1) is 0 Å². The number of aryl methyl sites for hydroxylation is 1. The van der Waals surface area contributed by atoms with Crippen molar-refractivity contribution in [1.29, 1.82) is 0 Å². The standard InChI is InChI=1S/C26H25F9N2/c1-3-15(2)36-22-7-4-16-10-20(5-6-21(16)22)37-9-8-23(14-37,26(33,34)35)17-11-18(24(27,28)29)13-19(12-17)25(30,31)32/h5-6,10-13,22H,3-4,7-9,14H2,1-2H3. The van der Waals surface area contributed by atoms with Crippen LogP contribution in [0.15, 0.2) is 41.4 Å². The molecule has 0 aromatic heterocycles. The Hall–Kier alpha value is -2.72. The minimum atomic E-state index is -5.24. The van der Waals surface area contributed by atoms with Gasteiger partial charge in [0.15, 0.2) is 0 Å². The quantitative estimate of drug-likeness (QED) is 0.284. The average molecular weight is 536 g/mol. The molecule has 4 rings (SSSR count). The van der Waals surface area contributed by atoms with E-state index in [0.717, 1.165) is 29.7 Å². The number of benzene rings is 2. The van der Waals surface area contributed by atoms with Crippen molar-refractivity contribution in [3.8, 4) is 0 Å². The summed E-state index contributed by atoms with van der Waals surface area (Å²) in [6.45, 7) is 2.95. The predicted octanol–water partition coefficient (Wildman–Crippen LogP) is 8.29. The normalized spacial score (nSPS) is 23.1. The molecular weight excluding hydrogens is 511 g/mol. The third kappa shape index (κ3) is 5.18. The first-order chi connectivity index (χ1) is 17.0. The first kappa shape index (κ1) is 27.3. The highest BCUT2D eigenvalue weighted by molar-refractivity contribution is 5.82. The van der Waals surface area contributed by atoms with E-state index < -0.39 is 53.6 Å². The Morgan fingerprint density at radius 3 is 2.11 bits per heavy atom. The lowest BCUT2D eigenvalue weighted by Gasteiger charge is -2.33. The molecule has 2 unspecified atom stereocenters. The molecule has 1 heterocycles. The summed E-state index contributed by atoms with van der Waals surface area (Å²) >= 11 is 0. The van der Waals surface area contributed by atoms with Crippen LogP contribution in [0.25, 0.3) is 0 Å². The molecule has 1 aliphatic heterocycles. The Bertz CT molecular complexity index is 1160. The lowest BCUT2D eigenvalue weighted by Crippen LogP contribution is -2.45. The molecule has 2 aliphatic rings. The summed E-state index contributed by atoms with van der Waals surface area (Å²) in [6, 6.07) is 5.41. The molecule has 37 heavy (non-hydrogen) atoms. The van der Waals surface area contributed by atoms with Crippen molar-refractivity contribution in [3.05, 3.63) is 64.2 Å². The summed E-state index contributed by atoms with van der Waals surface area (Å²) < 4.78 is 124. The SMILES string of the molecule is CCC(C)=NC1CCc2cc(N3CCC(c4cc(C(F)(F)F)cc(C(F)(F)F)c4)(C(F)(F)F)C3)ccc21. The number of nitrogens with zero attached hydrogens (tertiary/aromatic N) is 2. The van der Waals surface area contributed by atoms with Crippen LogP contribution in [0.5, 0.6) is 0 Å². The summed E-state index contributed by atoms with van der Waals surface area (Å²) in [6.07, 6.45) is -14.0. The zero-order valence-electron chi connectivity index (χ0n) is 20.1. The summed E-state index contributed by atoms with van der Waals surface area (Å²) in [5.74, 6) is 0. The lowest BCUT2D eigenvalue weighted by molar-refractivity contribution is -0.185. The van der Waals surface area contributed by atoms with Gasteiger partial charge in [0.1, 0.15) is 5.41 Å². The van der Waals surface area contributed by atoms with Crippen LogP contribution < -0.4 is 4.90 Å². The van der Waals surface area contributed by atoms with Crippen LogP contribution in [0.3, 0.4) is 0 Å². The highest BCUT2D eigenvalue weighted by Gasteiger charge is 2.60. The minimum Gasteiger partial charge on any atom is -0.370 e. The van der Waals surface area contributed by atoms with Gasteiger partial charge in [-0.05, 0) is 79.6 Å². The molecule has 0 bridgehead atoms. The molecule has 11 heteroatoms. The number of fused-ring (bicyclic) bond motifs is 1. The number of hydrogen-bond donors (Lipinski definition) is 0. The molecule has 2 aromatic rings. The van der Waals surface area contributed by atoms with E-state index in [0.29, 0.717) is 12.1 Å². The molecule has 2 aromatic carbocycles. The molecular formula is C26H25F9N2. The van der Waals surface area contributed by atoms with Crippen LogP contribution in [0.4, 0.5) is 45.2 Å². The molecule has 0 N–H and O–H groups in total. The summed E-state index contributed by atoms with van der Waals surface area (Å²) in [4.78, 5) is 6.07. The van der Waals surface area contributed by atoms with Crippen molar-refractivity contribution in [2.24, 2.45) is 4.99 Å². The van der Waals surface area contributed by atoms with E-state index in [1.807, 2.05) is 13.8 Å². The number of anilines is 1. The molecule has 202 valence electrons. The van der Waals surface area contributed by atoms with E-state index >= 15 is 0 Å². The average Bonchev–Trinajstić information content (AvgIpc) is 3.43. The van der Waals surface area contributed by atoms with Crippen molar-refractivity contribution >= 4 is 11.4 Å². The molecule has 0 radical (unpaired) electrons. The van der Waals surface area contributed by atoms with Gasteiger partial charge in [0.05, 0.1) is 17.2 Å². The molecule has 2 atom stereocenters. The Morgan fingerprint density at radius 2 is 1.57 bits per heavy atom. The second kappa shape index (κ2) is 9.23. The summed E-state index contributed by atoms with van der Waals surface area (Å²) in [5.41, 5.74) is -4.10. The summed E-state index contributed by atoms with van der Waals surface area (Å²) in [7, 11) is 0. The maximum atomic E-state index is 14.5. The molecule has 1 fully saturated rings. The first-order valence-corrected chi connectivity index (χ1v) is 11.8. The van der Waals surface area contributed by atoms with Gasteiger partial charge in [-0.25, -0.2) is 0 Å². The number of rotatable bonds is 4. The Balaban J connectivity index is 1.73. The molecule has 0 amide bonds. The highest BCUT2D eigenvalue weighted by atomic mass is 19.4. The zero-order chi connectivity index (χ0) is 27.4. The van der Waals surface area contributed by atoms with E-state index in [1.165, 1.54) is 4.90 Å². The Labute approximate surface area is 208 Å². The second-order valence-corrected chi connectivity index (χ2v) is 9.70. The Kier molecular flexibility index (Phi) is 6.82. The van der Waals surface area contributed by atoms with E-state index in [4.69, 9.17) is 0 Å². The van der Waals surface area contributed by atoms with Crippen LogP contribution in [-0.2, 0) is 24.2 Å². The van der Waals surface area contributed by atoms with Crippen LogP contribution in [0.2, 0.25) is 0 Å². The van der Waals surface area contributed by atoms with E-state index in [2.05, 4.69) is 4.99 Å². The summed E-state index contributed by atoms with van der Waals surface area (Å²) in [5, 5.41) is 0. The van der Waals surface area contributed by atoms with Gasteiger partial charge < -0.3 is 4.90 Å². The van der Waals surface area contributed by atoms with Crippen molar-refractivity contribution in [1.82, 2.24) is 0 Å². The third-order valence-corrected chi connectivity index (χ3v) is 7.38. The molecule has 1 aliphatic carbocycles. The first-order valence-electron chi connectivity index (χ1n) is 11.8. The van der Waals surface area contributed by atoms with Gasteiger partial charge >= 0.3 is 18.5 Å². The topological polar surface area (TPSA) is 15.6 Å². The zero-order valence-corrected chi connectivity index (χ0v) is 20.1. The van der Waals surface area contributed by atoms with Crippen molar-refractivity contribution in [2.45, 2.75) is 69.5 Å². The van der Waals surface area contributed by atoms with Crippen molar-refractivity contribution in [3.63, 3.8) is 0 Å². The van der Waals surface area contributed by atoms with Crippen LogP contribution in [0.1, 0.15) is 67.0 Å². The van der Waals surface area contributed by atoms with Gasteiger partial charge in [-0.1, -0.05) is 13.0 Å². The van der Waals surface area contributed by atoms with Crippen LogP contribution in [-0.4, -0.2) is 25.0 Å². The van der Waals surface area contributed by atoms with Gasteiger partial charge in [-0.15, -0.1) is 0 Å². The largest absolute Gasteiger partial charge is 0.416 e. The fourth-order valence-electron chi connectivity index (χ4n) is 5.16. The second-order valence-electron chi connectivity index (χ2n) is 9.70. The smallest absolute Gasteiger partial charge is 0.370 e. The maximum absolute atomic E-state index is 14.5. The van der Waals surface area contributed by atoms with E-state index in [-0.39, 0.29) is 30.8 Å². The monoisotopic (exact) mass is 536 g/mol. The molecule has 0 saturated carbocycles. The molecule has 0 spiro atoms. The molecule has 1 saturated heterocycles. The van der Waals surface area contributed by atoms with Crippen molar-refractivity contribution in [2.75, 3.05) is 18.0 Å². The molecule has 2 nitrogen and oxygen atoms in total. The fourth-order valence-corrected chi connectivity index (χ4v) is 5.16. The van der Waals surface area contributed by atoms with Crippen molar-refractivity contribution < 1.29 is 39.5 Å². The van der Waals surface area contributed by atoms with Gasteiger partial charge in [0.25, 0.3) is 0 Å². The van der Waals surface area contributed by atoms with Gasteiger partial charge in [-0.2, -0.15) is 39.5 Å².